The number of rotatable bonds is 3. The molecule has 1 fully saturated rings. The Morgan fingerprint density at radius 1 is 1.59 bits per heavy atom. The molecule has 0 bridgehead atoms. The van der Waals surface area contributed by atoms with Crippen LogP contribution in [0.4, 0.5) is 5.95 Å². The van der Waals surface area contributed by atoms with Gasteiger partial charge >= 0.3 is 0 Å². The van der Waals surface area contributed by atoms with Crippen molar-refractivity contribution in [3.05, 3.63) is 5.82 Å². The summed E-state index contributed by atoms with van der Waals surface area (Å²) in [5, 5.41) is 7.37. The predicted octanol–water partition coefficient (Wildman–Crippen LogP) is 1.63. The molecule has 5 nitrogen and oxygen atoms in total. The number of H-pyrrole nitrogens is 1. The molecule has 5 heteroatoms. The van der Waals surface area contributed by atoms with Crippen LogP contribution in [-0.2, 0) is 0 Å². The van der Waals surface area contributed by atoms with Crippen molar-refractivity contribution in [1.82, 2.24) is 15.2 Å². The second-order valence-electron chi connectivity index (χ2n) is 5.07. The highest BCUT2D eigenvalue weighted by molar-refractivity contribution is 5.32. The van der Waals surface area contributed by atoms with Gasteiger partial charge in [0.15, 0.2) is 0 Å². The molecule has 3 atom stereocenters. The smallest absolute Gasteiger partial charge is 0.245 e. The summed E-state index contributed by atoms with van der Waals surface area (Å²) in [6, 6.07) is 0.554. The molecule has 0 saturated carbocycles. The SMILES string of the molecule is CCC(C)c1nc(N2CCCC(N)C2C)n[nH]1. The quantitative estimate of drug-likeness (QED) is 0.838. The molecule has 17 heavy (non-hydrogen) atoms. The maximum Gasteiger partial charge on any atom is 0.245 e. The van der Waals surface area contributed by atoms with Crippen molar-refractivity contribution in [2.75, 3.05) is 11.4 Å². The van der Waals surface area contributed by atoms with Crippen LogP contribution < -0.4 is 10.6 Å². The zero-order chi connectivity index (χ0) is 12.4. The third-order valence-electron chi connectivity index (χ3n) is 3.87. The van der Waals surface area contributed by atoms with Gasteiger partial charge in [-0.2, -0.15) is 4.98 Å². The van der Waals surface area contributed by atoms with Crippen molar-refractivity contribution in [3.63, 3.8) is 0 Å². The number of nitrogens with two attached hydrogens (primary N) is 1. The monoisotopic (exact) mass is 237 g/mol. The summed E-state index contributed by atoms with van der Waals surface area (Å²) >= 11 is 0. The first-order chi connectivity index (χ1) is 8.13. The van der Waals surface area contributed by atoms with E-state index in [4.69, 9.17) is 5.73 Å². The fraction of sp³-hybridized carbons (Fsp3) is 0.833. The van der Waals surface area contributed by atoms with E-state index in [0.717, 1.165) is 37.6 Å². The molecule has 1 aromatic heterocycles. The summed E-state index contributed by atoms with van der Waals surface area (Å²) in [5.41, 5.74) is 6.09. The predicted molar refractivity (Wildman–Crippen MR) is 69.1 cm³/mol. The Hall–Kier alpha value is -1.10. The average Bonchev–Trinajstić information content (AvgIpc) is 2.81. The number of aromatic nitrogens is 3. The topological polar surface area (TPSA) is 70.8 Å². The van der Waals surface area contributed by atoms with E-state index in [-0.39, 0.29) is 6.04 Å². The van der Waals surface area contributed by atoms with Crippen molar-refractivity contribution in [1.29, 1.82) is 0 Å². The highest BCUT2D eigenvalue weighted by Crippen LogP contribution is 2.22. The number of hydrogen-bond donors (Lipinski definition) is 2. The molecule has 0 aromatic carbocycles. The van der Waals surface area contributed by atoms with Gasteiger partial charge in [0.2, 0.25) is 5.95 Å². The van der Waals surface area contributed by atoms with Gasteiger partial charge in [0.25, 0.3) is 0 Å². The zero-order valence-electron chi connectivity index (χ0n) is 11.0. The van der Waals surface area contributed by atoms with E-state index in [2.05, 4.69) is 40.9 Å². The lowest BCUT2D eigenvalue weighted by atomic mass is 9.99. The van der Waals surface area contributed by atoms with Crippen LogP contribution in [0.15, 0.2) is 0 Å². The second kappa shape index (κ2) is 5.04. The molecule has 96 valence electrons. The molecule has 1 aliphatic heterocycles. The molecule has 2 rings (SSSR count). The van der Waals surface area contributed by atoms with Crippen LogP contribution >= 0.6 is 0 Å². The third-order valence-corrected chi connectivity index (χ3v) is 3.87. The minimum atomic E-state index is 0.231. The molecular weight excluding hydrogens is 214 g/mol. The second-order valence-corrected chi connectivity index (χ2v) is 5.07. The van der Waals surface area contributed by atoms with Crippen LogP contribution in [0.25, 0.3) is 0 Å². The maximum absolute atomic E-state index is 6.09. The van der Waals surface area contributed by atoms with E-state index >= 15 is 0 Å². The van der Waals surface area contributed by atoms with Crippen molar-refractivity contribution in [2.24, 2.45) is 5.73 Å². The molecule has 1 aromatic rings. The first-order valence-electron chi connectivity index (χ1n) is 6.58. The van der Waals surface area contributed by atoms with Gasteiger partial charge in [-0.1, -0.05) is 13.8 Å². The fourth-order valence-corrected chi connectivity index (χ4v) is 2.26. The zero-order valence-corrected chi connectivity index (χ0v) is 11.0. The van der Waals surface area contributed by atoms with Crippen LogP contribution in [0.2, 0.25) is 0 Å². The summed E-state index contributed by atoms with van der Waals surface area (Å²) in [5.74, 6) is 2.22. The fourth-order valence-electron chi connectivity index (χ4n) is 2.26. The van der Waals surface area contributed by atoms with Crippen molar-refractivity contribution < 1.29 is 0 Å². The van der Waals surface area contributed by atoms with Gasteiger partial charge in [-0.3, -0.25) is 5.10 Å². The Labute approximate surface area is 103 Å². The number of anilines is 1. The number of piperidine rings is 1. The average molecular weight is 237 g/mol. The molecular formula is C12H23N5. The lowest BCUT2D eigenvalue weighted by molar-refractivity contribution is 0.415. The Balaban J connectivity index is 2.13. The van der Waals surface area contributed by atoms with Gasteiger partial charge in [0.1, 0.15) is 5.82 Å². The summed E-state index contributed by atoms with van der Waals surface area (Å²) in [6.45, 7) is 7.48. The first-order valence-corrected chi connectivity index (χ1v) is 6.58. The van der Waals surface area contributed by atoms with Gasteiger partial charge in [-0.05, 0) is 26.2 Å². The molecule has 0 radical (unpaired) electrons. The largest absolute Gasteiger partial charge is 0.335 e. The number of aromatic amines is 1. The highest BCUT2D eigenvalue weighted by Gasteiger charge is 2.27. The summed E-state index contributed by atoms with van der Waals surface area (Å²) < 4.78 is 0. The van der Waals surface area contributed by atoms with Gasteiger partial charge in [-0.15, -0.1) is 5.10 Å². The van der Waals surface area contributed by atoms with E-state index in [0.29, 0.717) is 12.0 Å². The van der Waals surface area contributed by atoms with E-state index in [1.54, 1.807) is 0 Å². The Bertz CT molecular complexity index is 362. The molecule has 1 saturated heterocycles. The van der Waals surface area contributed by atoms with Crippen molar-refractivity contribution >= 4 is 5.95 Å². The minimum absolute atomic E-state index is 0.231. The molecule has 3 unspecified atom stereocenters. The van der Waals surface area contributed by atoms with Crippen LogP contribution in [0.5, 0.6) is 0 Å². The lowest BCUT2D eigenvalue weighted by Crippen LogP contribution is -2.51. The van der Waals surface area contributed by atoms with E-state index in [1.165, 1.54) is 0 Å². The first kappa shape index (κ1) is 12.4. The highest BCUT2D eigenvalue weighted by atomic mass is 15.4. The summed E-state index contributed by atoms with van der Waals surface area (Å²) in [4.78, 5) is 6.81. The van der Waals surface area contributed by atoms with Crippen LogP contribution in [0, 0.1) is 0 Å². The number of nitrogens with zero attached hydrogens (tertiary/aromatic N) is 3. The van der Waals surface area contributed by atoms with Gasteiger partial charge in [0, 0.05) is 24.5 Å². The van der Waals surface area contributed by atoms with Crippen molar-refractivity contribution in [2.45, 2.75) is 58.0 Å². The van der Waals surface area contributed by atoms with Gasteiger partial charge in [-0.25, -0.2) is 0 Å². The number of hydrogen-bond acceptors (Lipinski definition) is 4. The molecule has 0 spiro atoms. The Morgan fingerprint density at radius 3 is 3.06 bits per heavy atom. The Kier molecular flexibility index (Phi) is 3.66. The van der Waals surface area contributed by atoms with Gasteiger partial charge in [0.05, 0.1) is 0 Å². The van der Waals surface area contributed by atoms with E-state index in [9.17, 15) is 0 Å². The lowest BCUT2D eigenvalue weighted by Gasteiger charge is -2.36. The van der Waals surface area contributed by atoms with Crippen LogP contribution in [0.1, 0.15) is 51.8 Å². The van der Waals surface area contributed by atoms with E-state index < -0.39 is 0 Å². The van der Waals surface area contributed by atoms with Crippen LogP contribution in [-0.4, -0.2) is 33.8 Å². The molecule has 0 aliphatic carbocycles. The third kappa shape index (κ3) is 2.44. The maximum atomic E-state index is 6.09. The summed E-state index contributed by atoms with van der Waals surface area (Å²) in [7, 11) is 0. The molecule has 2 heterocycles. The molecule has 0 amide bonds. The number of nitrogens with one attached hydrogen (secondary N) is 1. The molecule has 3 N–H and O–H groups in total. The van der Waals surface area contributed by atoms with Crippen LogP contribution in [0.3, 0.4) is 0 Å². The van der Waals surface area contributed by atoms with E-state index in [1.807, 2.05) is 0 Å². The summed E-state index contributed by atoms with van der Waals surface area (Å²) in [6.07, 6.45) is 3.29. The standard InChI is InChI=1S/C12H23N5/c1-4-8(2)11-14-12(16-15-11)17-7-5-6-10(13)9(17)3/h8-10H,4-7,13H2,1-3H3,(H,14,15,16). The van der Waals surface area contributed by atoms with Crippen molar-refractivity contribution in [3.8, 4) is 0 Å². The Morgan fingerprint density at radius 2 is 2.35 bits per heavy atom. The minimum Gasteiger partial charge on any atom is -0.335 e. The molecule has 1 aliphatic rings. The normalized spacial score (nSPS) is 27.2. The van der Waals surface area contributed by atoms with Gasteiger partial charge < -0.3 is 10.6 Å².